The molecule has 0 radical (unpaired) electrons. The highest BCUT2D eigenvalue weighted by Gasteiger charge is 2.39. The smallest absolute Gasteiger partial charge is 0.240 e. The van der Waals surface area contributed by atoms with Crippen LogP contribution < -0.4 is 19.7 Å². The zero-order chi connectivity index (χ0) is 30.5. The van der Waals surface area contributed by atoms with Crippen LogP contribution in [0.3, 0.4) is 0 Å². The van der Waals surface area contributed by atoms with E-state index in [-0.39, 0.29) is 29.4 Å². The van der Waals surface area contributed by atoms with Crippen LogP contribution in [0.25, 0.3) is 16.9 Å². The fourth-order valence-electron chi connectivity index (χ4n) is 5.24. The summed E-state index contributed by atoms with van der Waals surface area (Å²) in [4.78, 5) is 28.8. The molecule has 1 aromatic heterocycles. The molecule has 0 bridgehead atoms. The Morgan fingerprint density at radius 1 is 1.02 bits per heavy atom. The summed E-state index contributed by atoms with van der Waals surface area (Å²) in [5.74, 6) is 1.56. The maximum absolute atomic E-state index is 14.0. The van der Waals surface area contributed by atoms with Crippen molar-refractivity contribution >= 4 is 29.4 Å². The predicted octanol–water partition coefficient (Wildman–Crippen LogP) is 5.11. The molecule has 2 heterocycles. The lowest BCUT2D eigenvalue weighted by Crippen LogP contribution is -2.43. The van der Waals surface area contributed by atoms with Crippen LogP contribution in [0.2, 0.25) is 0 Å². The first-order chi connectivity index (χ1) is 20.9. The summed E-state index contributed by atoms with van der Waals surface area (Å²) < 4.78 is 18.4. The van der Waals surface area contributed by atoms with Gasteiger partial charge in [-0.15, -0.1) is 11.8 Å². The highest BCUT2D eigenvalue weighted by Crippen LogP contribution is 2.51. The number of carbonyl (C=O) groups excluding carboxylic acids is 2. The summed E-state index contributed by atoms with van der Waals surface area (Å²) in [6.07, 6.45) is 0. The lowest BCUT2D eigenvalue weighted by Gasteiger charge is -2.24. The number of ether oxygens (including phenoxy) is 3. The number of hydrogen-bond acceptors (Lipinski definition) is 7. The fraction of sp³-hybridized carbons (Fsp3) is 0.303. The highest BCUT2D eigenvalue weighted by atomic mass is 32.2. The lowest BCUT2D eigenvalue weighted by atomic mass is 9.98. The summed E-state index contributed by atoms with van der Waals surface area (Å²) >= 11 is 1.48. The van der Waals surface area contributed by atoms with E-state index in [2.05, 4.69) is 5.32 Å². The highest BCUT2D eigenvalue weighted by molar-refractivity contribution is 8.00. The van der Waals surface area contributed by atoms with Crippen molar-refractivity contribution in [2.24, 2.45) is 0 Å². The standard InChI is InChI=1S/C33H36N4O5S/c1-21-10-9-13-26(22(21)2)37-33-30(31(35-37)23-11-7-6-8-12-23)32(25-18-24(41-4)14-15-27(25)42-5)43-20-29(39)36(33)19-28(38)34-16-17-40-3/h6-15,18,32H,16-17,19-20H2,1-5H3,(H,34,38). The third-order valence-corrected chi connectivity index (χ3v) is 8.83. The number of amides is 2. The fourth-order valence-corrected chi connectivity index (χ4v) is 6.46. The van der Waals surface area contributed by atoms with Crippen molar-refractivity contribution in [3.8, 4) is 28.4 Å². The van der Waals surface area contributed by atoms with Gasteiger partial charge in [-0.25, -0.2) is 4.68 Å². The largest absolute Gasteiger partial charge is 0.497 e. The van der Waals surface area contributed by atoms with E-state index in [0.29, 0.717) is 30.5 Å². The maximum Gasteiger partial charge on any atom is 0.240 e. The summed E-state index contributed by atoms with van der Waals surface area (Å²) in [7, 11) is 4.83. The Morgan fingerprint density at radius 3 is 2.53 bits per heavy atom. The van der Waals surface area contributed by atoms with E-state index in [0.717, 1.165) is 39.2 Å². The van der Waals surface area contributed by atoms with Crippen LogP contribution in [0.5, 0.6) is 11.5 Å². The number of rotatable bonds is 10. The minimum absolute atomic E-state index is 0.145. The van der Waals surface area contributed by atoms with Gasteiger partial charge in [0, 0.05) is 30.3 Å². The van der Waals surface area contributed by atoms with Gasteiger partial charge >= 0.3 is 0 Å². The van der Waals surface area contributed by atoms with E-state index < -0.39 is 0 Å². The third-order valence-electron chi connectivity index (χ3n) is 7.59. The minimum Gasteiger partial charge on any atom is -0.497 e. The minimum atomic E-state index is -0.361. The van der Waals surface area contributed by atoms with Gasteiger partial charge in [0.1, 0.15) is 23.9 Å². The molecule has 1 unspecified atom stereocenters. The number of anilines is 1. The SMILES string of the molecule is COCCNC(=O)CN1C(=O)CSC(c2cc(OC)ccc2OC)c2c(-c3ccccc3)nn(-c3cccc(C)c3C)c21. The number of methoxy groups -OCH3 is 3. The number of nitrogens with zero attached hydrogens (tertiary/aromatic N) is 3. The molecule has 3 aromatic carbocycles. The predicted molar refractivity (Wildman–Crippen MR) is 170 cm³/mol. The lowest BCUT2D eigenvalue weighted by molar-refractivity contribution is -0.123. The molecule has 1 aliphatic rings. The molecule has 0 fully saturated rings. The molecule has 10 heteroatoms. The summed E-state index contributed by atoms with van der Waals surface area (Å²) in [6.45, 7) is 4.64. The molecule has 0 spiro atoms. The van der Waals surface area contributed by atoms with Crippen molar-refractivity contribution in [3.63, 3.8) is 0 Å². The normalized spacial score (nSPS) is 14.7. The molecule has 0 saturated carbocycles. The number of fused-ring (bicyclic) bond motifs is 1. The van der Waals surface area contributed by atoms with Crippen LogP contribution in [0.4, 0.5) is 5.82 Å². The van der Waals surface area contributed by atoms with Crippen molar-refractivity contribution in [1.29, 1.82) is 0 Å². The Bertz CT molecular complexity index is 1620. The third kappa shape index (κ3) is 6.11. The molecule has 1 N–H and O–H groups in total. The number of hydrogen-bond donors (Lipinski definition) is 1. The number of aryl methyl sites for hydroxylation is 1. The zero-order valence-electron chi connectivity index (χ0n) is 25.0. The monoisotopic (exact) mass is 600 g/mol. The number of carbonyl (C=O) groups is 2. The molecule has 2 amide bonds. The second kappa shape index (κ2) is 13.4. The van der Waals surface area contributed by atoms with Gasteiger partial charge in [-0.1, -0.05) is 42.5 Å². The quantitative estimate of drug-likeness (QED) is 0.253. The van der Waals surface area contributed by atoms with Crippen LogP contribution in [0, 0.1) is 13.8 Å². The number of nitrogens with one attached hydrogen (secondary N) is 1. The summed E-state index contributed by atoms with van der Waals surface area (Å²) in [5, 5.41) is 7.71. The van der Waals surface area contributed by atoms with Gasteiger partial charge < -0.3 is 19.5 Å². The summed E-state index contributed by atoms with van der Waals surface area (Å²) in [5.41, 5.74) is 6.24. The van der Waals surface area contributed by atoms with Crippen molar-refractivity contribution < 1.29 is 23.8 Å². The Morgan fingerprint density at radius 2 is 1.81 bits per heavy atom. The van der Waals surface area contributed by atoms with E-state index in [1.807, 2.05) is 85.3 Å². The molecule has 4 aromatic rings. The van der Waals surface area contributed by atoms with Gasteiger partial charge in [-0.05, 0) is 49.2 Å². The van der Waals surface area contributed by atoms with Crippen LogP contribution in [0.15, 0.2) is 66.7 Å². The van der Waals surface area contributed by atoms with Crippen molar-refractivity contribution in [3.05, 3.63) is 89.0 Å². The molecular formula is C33H36N4O5S. The molecule has 224 valence electrons. The van der Waals surface area contributed by atoms with E-state index >= 15 is 0 Å². The molecular weight excluding hydrogens is 564 g/mol. The van der Waals surface area contributed by atoms with E-state index in [9.17, 15) is 9.59 Å². The maximum atomic E-state index is 14.0. The van der Waals surface area contributed by atoms with E-state index in [4.69, 9.17) is 19.3 Å². The van der Waals surface area contributed by atoms with Crippen LogP contribution in [-0.4, -0.2) is 68.4 Å². The molecule has 5 rings (SSSR count). The molecule has 1 aliphatic heterocycles. The Balaban J connectivity index is 1.82. The van der Waals surface area contributed by atoms with E-state index in [1.54, 1.807) is 26.2 Å². The van der Waals surface area contributed by atoms with Crippen LogP contribution in [0.1, 0.15) is 27.5 Å². The summed E-state index contributed by atoms with van der Waals surface area (Å²) in [6, 6.07) is 21.6. The molecule has 9 nitrogen and oxygen atoms in total. The Kier molecular flexibility index (Phi) is 9.37. The molecule has 1 atom stereocenters. The van der Waals surface area contributed by atoms with Crippen LogP contribution in [-0.2, 0) is 14.3 Å². The molecule has 0 aliphatic carbocycles. The molecule has 43 heavy (non-hydrogen) atoms. The van der Waals surface area contributed by atoms with Gasteiger partial charge in [0.2, 0.25) is 11.8 Å². The first-order valence-corrected chi connectivity index (χ1v) is 15.1. The van der Waals surface area contributed by atoms with Crippen molar-refractivity contribution in [2.75, 3.05) is 51.7 Å². The number of thioether (sulfide) groups is 1. The number of benzene rings is 3. The Hall–Kier alpha value is -4.28. The van der Waals surface area contributed by atoms with Gasteiger partial charge in [0.25, 0.3) is 0 Å². The van der Waals surface area contributed by atoms with Gasteiger partial charge in [-0.3, -0.25) is 14.5 Å². The second-order valence-electron chi connectivity index (χ2n) is 10.2. The number of aromatic nitrogens is 2. The average Bonchev–Trinajstić information content (AvgIpc) is 3.35. The zero-order valence-corrected chi connectivity index (χ0v) is 25.9. The first kappa shape index (κ1) is 30.2. The Labute approximate surface area is 256 Å². The van der Waals surface area contributed by atoms with Crippen molar-refractivity contribution in [1.82, 2.24) is 15.1 Å². The second-order valence-corrected chi connectivity index (χ2v) is 11.3. The topological polar surface area (TPSA) is 94.9 Å². The first-order valence-electron chi connectivity index (χ1n) is 14.0. The van der Waals surface area contributed by atoms with Gasteiger partial charge in [0.15, 0.2) is 0 Å². The van der Waals surface area contributed by atoms with Gasteiger partial charge in [0.05, 0.1) is 43.2 Å². The van der Waals surface area contributed by atoms with E-state index in [1.165, 1.54) is 11.8 Å². The molecule has 0 saturated heterocycles. The van der Waals surface area contributed by atoms with Crippen LogP contribution >= 0.6 is 11.8 Å². The average molecular weight is 601 g/mol. The van der Waals surface area contributed by atoms with Crippen molar-refractivity contribution in [2.45, 2.75) is 19.1 Å². The van der Waals surface area contributed by atoms with Gasteiger partial charge in [-0.2, -0.15) is 5.10 Å².